The second-order valence-corrected chi connectivity index (χ2v) is 2.56. The second kappa shape index (κ2) is 4.69. The van der Waals surface area contributed by atoms with Crippen LogP contribution in [-0.4, -0.2) is 14.2 Å². The molecule has 1 aromatic rings. The Kier molecular flexibility index (Phi) is 3.54. The molecule has 0 bridgehead atoms. The second-order valence-electron chi connectivity index (χ2n) is 2.56. The average molecular weight is 182 g/mol. The number of nitrogens with two attached hydrogens (primary N) is 1. The van der Waals surface area contributed by atoms with Gasteiger partial charge in [-0.1, -0.05) is 0 Å². The van der Waals surface area contributed by atoms with Crippen molar-refractivity contribution >= 4 is 5.69 Å². The minimum Gasteiger partial charge on any atom is -0.496 e. The van der Waals surface area contributed by atoms with Crippen molar-refractivity contribution in [1.29, 1.82) is 0 Å². The van der Waals surface area contributed by atoms with Gasteiger partial charge in [0.1, 0.15) is 5.75 Å². The Morgan fingerprint density at radius 1 is 1.46 bits per heavy atom. The first-order chi connectivity index (χ1) is 6.27. The van der Waals surface area contributed by atoms with Crippen LogP contribution in [0.4, 0.5) is 5.69 Å². The number of nitrogen functional groups attached to an aromatic ring is 1. The molecule has 0 fully saturated rings. The summed E-state index contributed by atoms with van der Waals surface area (Å²) in [5.41, 5.74) is 9.84. The number of benzene rings is 1. The number of ether oxygens (including phenoxy) is 1. The van der Waals surface area contributed by atoms with Crippen molar-refractivity contribution in [2.75, 3.05) is 19.9 Å². The lowest BCUT2D eigenvalue weighted by atomic mass is 10.2. The van der Waals surface area contributed by atoms with Crippen LogP contribution in [0.3, 0.4) is 0 Å². The SMILES string of the molecule is CNOCc1cc(N)ccc1OC. The molecule has 0 saturated heterocycles. The van der Waals surface area contributed by atoms with Crippen molar-refractivity contribution in [2.45, 2.75) is 6.61 Å². The lowest BCUT2D eigenvalue weighted by Crippen LogP contribution is -2.07. The molecule has 0 amide bonds. The van der Waals surface area contributed by atoms with Crippen LogP contribution < -0.4 is 16.0 Å². The van der Waals surface area contributed by atoms with E-state index in [9.17, 15) is 0 Å². The fraction of sp³-hybridized carbons (Fsp3) is 0.333. The van der Waals surface area contributed by atoms with Crippen LogP contribution in [0.2, 0.25) is 0 Å². The van der Waals surface area contributed by atoms with E-state index < -0.39 is 0 Å². The largest absolute Gasteiger partial charge is 0.496 e. The number of hydroxylamine groups is 1. The highest BCUT2D eigenvalue weighted by Crippen LogP contribution is 2.21. The molecule has 0 spiro atoms. The molecule has 4 heteroatoms. The molecule has 0 aliphatic heterocycles. The normalized spacial score (nSPS) is 10.0. The molecule has 0 unspecified atom stereocenters. The van der Waals surface area contributed by atoms with Gasteiger partial charge in [-0.2, -0.15) is 0 Å². The smallest absolute Gasteiger partial charge is 0.124 e. The van der Waals surface area contributed by atoms with Gasteiger partial charge in [0.2, 0.25) is 0 Å². The van der Waals surface area contributed by atoms with E-state index in [1.54, 1.807) is 20.2 Å². The zero-order valence-electron chi connectivity index (χ0n) is 7.83. The average Bonchev–Trinajstić information content (AvgIpc) is 2.15. The van der Waals surface area contributed by atoms with Crippen molar-refractivity contribution in [1.82, 2.24) is 5.48 Å². The zero-order chi connectivity index (χ0) is 9.68. The third-order valence-electron chi connectivity index (χ3n) is 1.68. The highest BCUT2D eigenvalue weighted by Gasteiger charge is 2.02. The van der Waals surface area contributed by atoms with Crippen molar-refractivity contribution < 1.29 is 9.57 Å². The zero-order valence-corrected chi connectivity index (χ0v) is 7.83. The van der Waals surface area contributed by atoms with Crippen molar-refractivity contribution in [3.63, 3.8) is 0 Å². The number of rotatable bonds is 4. The first-order valence-electron chi connectivity index (χ1n) is 3.99. The molecule has 0 saturated carbocycles. The van der Waals surface area contributed by atoms with E-state index in [-0.39, 0.29) is 0 Å². The van der Waals surface area contributed by atoms with Gasteiger partial charge in [0.05, 0.1) is 13.7 Å². The Morgan fingerprint density at radius 3 is 2.85 bits per heavy atom. The number of hydrogen-bond acceptors (Lipinski definition) is 4. The minimum atomic E-state index is 0.435. The van der Waals surface area contributed by atoms with Crippen LogP contribution in [0.5, 0.6) is 5.75 Å². The Bertz CT molecular complexity index is 276. The molecule has 1 aromatic carbocycles. The summed E-state index contributed by atoms with van der Waals surface area (Å²) in [4.78, 5) is 5.03. The summed E-state index contributed by atoms with van der Waals surface area (Å²) in [6.07, 6.45) is 0. The maximum Gasteiger partial charge on any atom is 0.124 e. The standard InChI is InChI=1S/C9H14N2O2/c1-11-13-6-7-5-8(10)3-4-9(7)12-2/h3-5,11H,6,10H2,1-2H3. The van der Waals surface area contributed by atoms with Gasteiger partial charge in [0.25, 0.3) is 0 Å². The van der Waals surface area contributed by atoms with Gasteiger partial charge in [-0.25, -0.2) is 5.48 Å². The van der Waals surface area contributed by atoms with E-state index in [4.69, 9.17) is 15.3 Å². The Hall–Kier alpha value is -1.26. The molecule has 0 aliphatic carbocycles. The summed E-state index contributed by atoms with van der Waals surface area (Å²) in [5.74, 6) is 0.782. The third kappa shape index (κ3) is 2.61. The molecule has 4 nitrogen and oxygen atoms in total. The first-order valence-corrected chi connectivity index (χ1v) is 3.99. The summed E-state index contributed by atoms with van der Waals surface area (Å²) < 4.78 is 5.13. The molecule has 3 N–H and O–H groups in total. The molecule has 0 aliphatic rings. The van der Waals surface area contributed by atoms with Gasteiger partial charge in [0, 0.05) is 18.3 Å². The summed E-state index contributed by atoms with van der Waals surface area (Å²) >= 11 is 0. The highest BCUT2D eigenvalue weighted by molar-refractivity contribution is 5.47. The maximum atomic E-state index is 5.62. The number of nitrogens with one attached hydrogen (secondary N) is 1. The lowest BCUT2D eigenvalue weighted by molar-refractivity contribution is 0.0433. The van der Waals surface area contributed by atoms with E-state index in [0.717, 1.165) is 11.3 Å². The number of hydrogen-bond donors (Lipinski definition) is 2. The van der Waals surface area contributed by atoms with Gasteiger partial charge in [0.15, 0.2) is 0 Å². The summed E-state index contributed by atoms with van der Waals surface area (Å²) in [7, 11) is 3.33. The van der Waals surface area contributed by atoms with Crippen molar-refractivity contribution in [2.24, 2.45) is 0 Å². The predicted octanol–water partition coefficient (Wildman–Crippen LogP) is 0.928. The van der Waals surface area contributed by atoms with Crippen LogP contribution in [-0.2, 0) is 11.4 Å². The van der Waals surface area contributed by atoms with Gasteiger partial charge in [-0.15, -0.1) is 0 Å². The fourth-order valence-electron chi connectivity index (χ4n) is 1.06. The van der Waals surface area contributed by atoms with Crippen LogP contribution >= 0.6 is 0 Å². The lowest BCUT2D eigenvalue weighted by Gasteiger charge is -2.08. The third-order valence-corrected chi connectivity index (χ3v) is 1.68. The van der Waals surface area contributed by atoms with Crippen molar-refractivity contribution in [3.05, 3.63) is 23.8 Å². The summed E-state index contributed by atoms with van der Waals surface area (Å²) in [5, 5.41) is 0. The Morgan fingerprint density at radius 2 is 2.23 bits per heavy atom. The predicted molar refractivity (Wildman–Crippen MR) is 51.3 cm³/mol. The van der Waals surface area contributed by atoms with Gasteiger partial charge in [-0.3, -0.25) is 4.84 Å². The van der Waals surface area contributed by atoms with Crippen LogP contribution in [0.25, 0.3) is 0 Å². The number of methoxy groups -OCH3 is 1. The molecular formula is C9H14N2O2. The van der Waals surface area contributed by atoms with Crippen LogP contribution in [0.1, 0.15) is 5.56 Å². The molecule has 0 aromatic heterocycles. The molecule has 0 radical (unpaired) electrons. The van der Waals surface area contributed by atoms with Gasteiger partial charge >= 0.3 is 0 Å². The Labute approximate surface area is 77.6 Å². The van der Waals surface area contributed by atoms with E-state index >= 15 is 0 Å². The maximum absolute atomic E-state index is 5.62. The molecular weight excluding hydrogens is 168 g/mol. The first kappa shape index (κ1) is 9.83. The van der Waals surface area contributed by atoms with Crippen molar-refractivity contribution in [3.8, 4) is 5.75 Å². The van der Waals surface area contributed by atoms with Crippen LogP contribution in [0.15, 0.2) is 18.2 Å². The van der Waals surface area contributed by atoms with E-state index in [2.05, 4.69) is 5.48 Å². The summed E-state index contributed by atoms with van der Waals surface area (Å²) in [6, 6.07) is 5.45. The molecule has 0 heterocycles. The Balaban J connectivity index is 2.81. The van der Waals surface area contributed by atoms with Gasteiger partial charge in [-0.05, 0) is 18.2 Å². The minimum absolute atomic E-state index is 0.435. The molecule has 1 rings (SSSR count). The quantitative estimate of drug-likeness (QED) is 0.537. The highest BCUT2D eigenvalue weighted by atomic mass is 16.6. The van der Waals surface area contributed by atoms with Crippen LogP contribution in [0, 0.1) is 0 Å². The molecule has 0 atom stereocenters. The van der Waals surface area contributed by atoms with Gasteiger partial charge < -0.3 is 10.5 Å². The fourth-order valence-corrected chi connectivity index (χ4v) is 1.06. The summed E-state index contributed by atoms with van der Waals surface area (Å²) in [6.45, 7) is 0.435. The topological polar surface area (TPSA) is 56.5 Å². The monoisotopic (exact) mass is 182 g/mol. The van der Waals surface area contributed by atoms with E-state index in [1.807, 2.05) is 12.1 Å². The van der Waals surface area contributed by atoms with E-state index in [0.29, 0.717) is 12.3 Å². The molecule has 72 valence electrons. The van der Waals surface area contributed by atoms with E-state index in [1.165, 1.54) is 0 Å². The molecule has 13 heavy (non-hydrogen) atoms. The number of anilines is 1.